The third-order valence-electron chi connectivity index (χ3n) is 7.40. The standard InChI is InChI=1S/C37H29ClN2O5/c1-3-44-34-22-26(16-19-33(34)45-23-25-14-17-28(38)18-15-25)21-31-35(41)39(29-11-6-8-24(2)20-29)37(43)40(36(31)42)32-13-7-10-27-9-4-5-12-30(27)32/h4-22H,3,23H2,1-2H3/b31-21+. The Kier molecular flexibility index (Phi) is 8.36. The molecule has 0 aromatic heterocycles. The maximum absolute atomic E-state index is 14.1. The molecule has 45 heavy (non-hydrogen) atoms. The number of anilines is 2. The van der Waals surface area contributed by atoms with Crippen molar-refractivity contribution >= 4 is 57.7 Å². The minimum atomic E-state index is -0.745. The van der Waals surface area contributed by atoms with Gasteiger partial charge in [0, 0.05) is 10.4 Å². The highest BCUT2D eigenvalue weighted by molar-refractivity contribution is 6.46. The molecule has 1 saturated heterocycles. The van der Waals surface area contributed by atoms with E-state index in [4.69, 9.17) is 21.1 Å². The van der Waals surface area contributed by atoms with Gasteiger partial charge < -0.3 is 9.47 Å². The van der Waals surface area contributed by atoms with Gasteiger partial charge in [0.15, 0.2) is 11.5 Å². The van der Waals surface area contributed by atoms with Crippen LogP contribution in [0.3, 0.4) is 0 Å². The second-order valence-electron chi connectivity index (χ2n) is 10.5. The predicted molar refractivity (Wildman–Crippen MR) is 177 cm³/mol. The summed E-state index contributed by atoms with van der Waals surface area (Å²) in [4.78, 5) is 44.3. The van der Waals surface area contributed by atoms with Gasteiger partial charge in [0.1, 0.15) is 12.2 Å². The Balaban J connectivity index is 1.42. The Morgan fingerprint density at radius 2 is 1.47 bits per heavy atom. The molecule has 0 radical (unpaired) electrons. The van der Waals surface area contributed by atoms with Crippen molar-refractivity contribution in [1.82, 2.24) is 0 Å². The molecule has 0 spiro atoms. The fraction of sp³-hybridized carbons (Fsp3) is 0.108. The summed E-state index contributed by atoms with van der Waals surface area (Å²) in [6.07, 6.45) is 1.49. The van der Waals surface area contributed by atoms with Gasteiger partial charge in [-0.1, -0.05) is 78.3 Å². The molecule has 0 saturated carbocycles. The van der Waals surface area contributed by atoms with E-state index in [1.165, 1.54) is 6.08 Å². The van der Waals surface area contributed by atoms with Gasteiger partial charge in [-0.05, 0) is 84.5 Å². The molecule has 5 aromatic rings. The van der Waals surface area contributed by atoms with Gasteiger partial charge in [-0.3, -0.25) is 9.59 Å². The normalized spacial score (nSPS) is 14.4. The number of urea groups is 1. The van der Waals surface area contributed by atoms with Crippen molar-refractivity contribution in [3.05, 3.63) is 136 Å². The summed E-state index contributed by atoms with van der Waals surface area (Å²) in [5.41, 5.74) is 2.92. The van der Waals surface area contributed by atoms with E-state index in [9.17, 15) is 14.4 Å². The summed E-state index contributed by atoms with van der Waals surface area (Å²) >= 11 is 6.00. The number of rotatable bonds is 8. The number of imide groups is 2. The molecule has 0 N–H and O–H groups in total. The minimum Gasteiger partial charge on any atom is -0.490 e. The molecular weight excluding hydrogens is 588 g/mol. The molecule has 8 heteroatoms. The number of barbiturate groups is 1. The monoisotopic (exact) mass is 616 g/mol. The van der Waals surface area contributed by atoms with Gasteiger partial charge in [0.05, 0.1) is 18.0 Å². The summed E-state index contributed by atoms with van der Waals surface area (Å²) in [5.74, 6) is -0.474. The van der Waals surface area contributed by atoms with Crippen LogP contribution in [-0.4, -0.2) is 24.5 Å². The molecule has 0 unspecified atom stereocenters. The molecule has 0 bridgehead atoms. The van der Waals surface area contributed by atoms with Gasteiger partial charge in [-0.15, -0.1) is 0 Å². The number of hydrogen-bond acceptors (Lipinski definition) is 5. The van der Waals surface area contributed by atoms with Crippen molar-refractivity contribution in [3.63, 3.8) is 0 Å². The van der Waals surface area contributed by atoms with Crippen LogP contribution in [0, 0.1) is 6.92 Å². The van der Waals surface area contributed by atoms with Gasteiger partial charge >= 0.3 is 6.03 Å². The van der Waals surface area contributed by atoms with Gasteiger partial charge in [-0.2, -0.15) is 0 Å². The zero-order chi connectivity index (χ0) is 31.5. The van der Waals surface area contributed by atoms with Crippen LogP contribution in [0.1, 0.15) is 23.6 Å². The van der Waals surface area contributed by atoms with Crippen LogP contribution in [-0.2, 0) is 16.2 Å². The number of amides is 4. The fourth-order valence-electron chi connectivity index (χ4n) is 5.25. The lowest BCUT2D eigenvalue weighted by Gasteiger charge is -2.34. The summed E-state index contributed by atoms with van der Waals surface area (Å²) in [6, 6.07) is 31.7. The van der Waals surface area contributed by atoms with Crippen molar-refractivity contribution in [2.45, 2.75) is 20.5 Å². The number of hydrogen-bond donors (Lipinski definition) is 0. The lowest BCUT2D eigenvalue weighted by molar-refractivity contribution is -0.121. The van der Waals surface area contributed by atoms with Crippen molar-refractivity contribution < 1.29 is 23.9 Å². The van der Waals surface area contributed by atoms with E-state index in [-0.39, 0.29) is 5.57 Å². The molecule has 0 atom stereocenters. The Morgan fingerprint density at radius 3 is 2.24 bits per heavy atom. The van der Waals surface area contributed by atoms with E-state index in [1.807, 2.05) is 62.4 Å². The first-order valence-electron chi connectivity index (χ1n) is 14.5. The molecule has 1 fully saturated rings. The van der Waals surface area contributed by atoms with Crippen LogP contribution in [0.25, 0.3) is 16.8 Å². The third kappa shape index (κ3) is 6.03. The average Bonchev–Trinajstić information content (AvgIpc) is 3.04. The number of halogens is 1. The average molecular weight is 617 g/mol. The molecule has 0 aliphatic carbocycles. The fourth-order valence-corrected chi connectivity index (χ4v) is 5.38. The number of benzene rings is 5. The number of nitrogens with zero attached hydrogens (tertiary/aromatic N) is 2. The van der Waals surface area contributed by atoms with Crippen LogP contribution in [0.5, 0.6) is 11.5 Å². The Hall–Kier alpha value is -5.40. The summed E-state index contributed by atoms with van der Waals surface area (Å²) in [7, 11) is 0. The molecular formula is C37H29ClN2O5. The second-order valence-corrected chi connectivity index (χ2v) is 10.9. The lowest BCUT2D eigenvalue weighted by atomic mass is 10.0. The largest absolute Gasteiger partial charge is 0.490 e. The van der Waals surface area contributed by atoms with E-state index >= 15 is 0 Å². The number of ether oxygens (including phenoxy) is 2. The first-order valence-corrected chi connectivity index (χ1v) is 14.8. The van der Waals surface area contributed by atoms with Crippen molar-refractivity contribution in [1.29, 1.82) is 0 Å². The highest BCUT2D eigenvalue weighted by Gasteiger charge is 2.44. The highest BCUT2D eigenvalue weighted by atomic mass is 35.5. The Labute approximate surface area is 265 Å². The van der Waals surface area contributed by atoms with Crippen LogP contribution < -0.4 is 19.3 Å². The summed E-state index contributed by atoms with van der Waals surface area (Å²) in [6.45, 7) is 4.40. The predicted octanol–water partition coefficient (Wildman–Crippen LogP) is 8.36. The number of carbonyl (C=O) groups is 3. The number of fused-ring (bicyclic) bond motifs is 1. The maximum Gasteiger partial charge on any atom is 0.343 e. The molecule has 7 nitrogen and oxygen atoms in total. The van der Waals surface area contributed by atoms with E-state index in [0.29, 0.717) is 52.1 Å². The molecule has 5 aromatic carbocycles. The maximum atomic E-state index is 14.1. The Bertz CT molecular complexity index is 1960. The van der Waals surface area contributed by atoms with E-state index < -0.39 is 17.8 Å². The van der Waals surface area contributed by atoms with E-state index in [0.717, 1.165) is 26.3 Å². The topological polar surface area (TPSA) is 76.2 Å². The zero-order valence-corrected chi connectivity index (χ0v) is 25.5. The van der Waals surface area contributed by atoms with Crippen LogP contribution in [0.2, 0.25) is 5.02 Å². The van der Waals surface area contributed by atoms with Crippen molar-refractivity contribution in [2.24, 2.45) is 0 Å². The van der Waals surface area contributed by atoms with Gasteiger partial charge in [0.25, 0.3) is 11.8 Å². The van der Waals surface area contributed by atoms with Crippen LogP contribution >= 0.6 is 11.6 Å². The SMILES string of the molecule is CCOc1cc(/C=C2\C(=O)N(c3cccc(C)c3)C(=O)N(c3cccc4ccccc34)C2=O)ccc1OCc1ccc(Cl)cc1. The van der Waals surface area contributed by atoms with Crippen molar-refractivity contribution in [3.8, 4) is 11.5 Å². The van der Waals surface area contributed by atoms with E-state index in [1.54, 1.807) is 60.7 Å². The van der Waals surface area contributed by atoms with Crippen LogP contribution in [0.4, 0.5) is 16.2 Å². The van der Waals surface area contributed by atoms with E-state index in [2.05, 4.69) is 0 Å². The molecule has 1 heterocycles. The summed E-state index contributed by atoms with van der Waals surface area (Å²) in [5, 5.41) is 2.20. The molecule has 6 rings (SSSR count). The second kappa shape index (κ2) is 12.7. The minimum absolute atomic E-state index is 0.165. The molecule has 4 amide bonds. The van der Waals surface area contributed by atoms with Gasteiger partial charge in [0.2, 0.25) is 0 Å². The number of carbonyl (C=O) groups excluding carboxylic acids is 3. The van der Waals surface area contributed by atoms with Crippen LogP contribution in [0.15, 0.2) is 115 Å². The quantitative estimate of drug-likeness (QED) is 0.129. The molecule has 1 aliphatic rings. The van der Waals surface area contributed by atoms with Crippen molar-refractivity contribution in [2.75, 3.05) is 16.4 Å². The summed E-state index contributed by atoms with van der Waals surface area (Å²) < 4.78 is 11.9. The first-order chi connectivity index (χ1) is 21.8. The lowest BCUT2D eigenvalue weighted by Crippen LogP contribution is -2.57. The smallest absolute Gasteiger partial charge is 0.343 e. The highest BCUT2D eigenvalue weighted by Crippen LogP contribution is 2.35. The first kappa shape index (κ1) is 29.7. The van der Waals surface area contributed by atoms with Gasteiger partial charge in [-0.25, -0.2) is 14.6 Å². The molecule has 224 valence electrons. The zero-order valence-electron chi connectivity index (χ0n) is 24.7. The third-order valence-corrected chi connectivity index (χ3v) is 7.66. The molecule has 1 aliphatic heterocycles. The number of aryl methyl sites for hydroxylation is 1. The Morgan fingerprint density at radius 1 is 0.733 bits per heavy atom.